The van der Waals surface area contributed by atoms with Gasteiger partial charge < -0.3 is 15.1 Å². The van der Waals surface area contributed by atoms with Crippen LogP contribution < -0.4 is 16.2 Å². The van der Waals surface area contributed by atoms with Crippen molar-refractivity contribution in [1.82, 2.24) is 14.3 Å². The molecule has 2 amide bonds. The molecule has 180 valence electrons. The lowest BCUT2D eigenvalue weighted by atomic mass is 9.96. The molecule has 5 heterocycles. The fourth-order valence-corrected chi connectivity index (χ4v) is 5.61. The SMILES string of the molecule is Cc1cccn2c(=O)c(/C=C3\SC(=S)N(Cc4ccco4)C3=O)c(N3CCC(C(N)=O)CC3)nc12. The summed E-state index contributed by atoms with van der Waals surface area (Å²) in [6.07, 6.45) is 5.95. The van der Waals surface area contributed by atoms with Gasteiger partial charge in [0, 0.05) is 25.2 Å². The third-order valence-corrected chi connectivity index (χ3v) is 7.68. The maximum atomic E-state index is 13.6. The van der Waals surface area contributed by atoms with Gasteiger partial charge in [-0.2, -0.15) is 0 Å². The van der Waals surface area contributed by atoms with E-state index >= 15 is 0 Å². The molecule has 2 saturated heterocycles. The number of aromatic nitrogens is 2. The first-order valence-electron chi connectivity index (χ1n) is 11.2. The predicted molar refractivity (Wildman–Crippen MR) is 138 cm³/mol. The topological polar surface area (TPSA) is 114 Å². The molecule has 0 radical (unpaired) electrons. The number of fused-ring (bicyclic) bond motifs is 1. The van der Waals surface area contributed by atoms with Crippen LogP contribution in [0.4, 0.5) is 5.82 Å². The summed E-state index contributed by atoms with van der Waals surface area (Å²) in [6.45, 7) is 3.17. The number of nitrogens with two attached hydrogens (primary N) is 1. The minimum absolute atomic E-state index is 0.198. The summed E-state index contributed by atoms with van der Waals surface area (Å²) in [5, 5.41) is 0. The van der Waals surface area contributed by atoms with Crippen molar-refractivity contribution < 1.29 is 14.0 Å². The number of piperidine rings is 1. The van der Waals surface area contributed by atoms with E-state index in [0.29, 0.717) is 57.9 Å². The van der Waals surface area contributed by atoms with Crippen LogP contribution >= 0.6 is 24.0 Å². The van der Waals surface area contributed by atoms with Gasteiger partial charge in [0.05, 0.1) is 23.3 Å². The minimum atomic E-state index is -0.313. The van der Waals surface area contributed by atoms with Crippen LogP contribution in [0.25, 0.3) is 11.7 Å². The summed E-state index contributed by atoms with van der Waals surface area (Å²) in [6, 6.07) is 7.21. The average Bonchev–Trinajstić information content (AvgIpc) is 3.45. The Morgan fingerprint density at radius 3 is 2.74 bits per heavy atom. The number of hydrogen-bond donors (Lipinski definition) is 1. The lowest BCUT2D eigenvalue weighted by molar-refractivity contribution is -0.123. The summed E-state index contributed by atoms with van der Waals surface area (Å²) >= 11 is 6.59. The first-order chi connectivity index (χ1) is 16.8. The number of thiocarbonyl (C=S) groups is 1. The van der Waals surface area contributed by atoms with Crippen LogP contribution in [0.5, 0.6) is 0 Å². The second-order valence-corrected chi connectivity index (χ2v) is 10.2. The molecule has 3 aromatic rings. The van der Waals surface area contributed by atoms with Gasteiger partial charge in [0.25, 0.3) is 11.5 Å². The van der Waals surface area contributed by atoms with E-state index in [1.807, 2.05) is 17.9 Å². The lowest BCUT2D eigenvalue weighted by Crippen LogP contribution is -2.40. The van der Waals surface area contributed by atoms with E-state index < -0.39 is 0 Å². The molecular formula is C24H23N5O4S2. The monoisotopic (exact) mass is 509 g/mol. The first-order valence-corrected chi connectivity index (χ1v) is 12.4. The Labute approximate surface area is 210 Å². The minimum Gasteiger partial charge on any atom is -0.467 e. The number of carbonyl (C=O) groups is 2. The summed E-state index contributed by atoms with van der Waals surface area (Å²) < 4.78 is 7.25. The summed E-state index contributed by atoms with van der Waals surface area (Å²) in [7, 11) is 0. The zero-order valence-electron chi connectivity index (χ0n) is 19.0. The van der Waals surface area contributed by atoms with Crippen LogP contribution in [0, 0.1) is 12.8 Å². The number of nitrogens with zero attached hydrogens (tertiary/aromatic N) is 4. The molecule has 3 aromatic heterocycles. The summed E-state index contributed by atoms with van der Waals surface area (Å²) in [5.74, 6) is 0.304. The Morgan fingerprint density at radius 1 is 1.29 bits per heavy atom. The molecule has 5 rings (SSSR count). The van der Waals surface area contributed by atoms with Gasteiger partial charge in [0.15, 0.2) is 0 Å². The highest BCUT2D eigenvalue weighted by atomic mass is 32.2. The molecule has 2 aliphatic rings. The molecule has 0 aromatic carbocycles. The highest BCUT2D eigenvalue weighted by molar-refractivity contribution is 8.26. The number of thioether (sulfide) groups is 1. The lowest BCUT2D eigenvalue weighted by Gasteiger charge is -2.32. The molecule has 2 N–H and O–H groups in total. The molecule has 2 aliphatic heterocycles. The number of pyridine rings is 1. The van der Waals surface area contributed by atoms with Crippen molar-refractivity contribution in [3.05, 3.63) is 68.9 Å². The normalized spacial score (nSPS) is 18.3. The highest BCUT2D eigenvalue weighted by Gasteiger charge is 2.34. The van der Waals surface area contributed by atoms with E-state index in [9.17, 15) is 14.4 Å². The molecule has 0 atom stereocenters. The first kappa shape index (κ1) is 23.3. The van der Waals surface area contributed by atoms with Crippen molar-refractivity contribution in [2.24, 2.45) is 11.7 Å². The second kappa shape index (κ2) is 9.31. The van der Waals surface area contributed by atoms with Gasteiger partial charge in [0.2, 0.25) is 5.91 Å². The average molecular weight is 510 g/mol. The van der Waals surface area contributed by atoms with Crippen LogP contribution in [0.2, 0.25) is 0 Å². The number of furan rings is 1. The van der Waals surface area contributed by atoms with E-state index in [2.05, 4.69) is 0 Å². The van der Waals surface area contributed by atoms with E-state index in [1.165, 1.54) is 9.30 Å². The van der Waals surface area contributed by atoms with Gasteiger partial charge in [-0.05, 0) is 49.6 Å². The second-order valence-electron chi connectivity index (χ2n) is 8.55. The molecule has 0 bridgehead atoms. The van der Waals surface area contributed by atoms with Crippen molar-refractivity contribution in [3.63, 3.8) is 0 Å². The van der Waals surface area contributed by atoms with E-state index in [1.54, 1.807) is 36.7 Å². The number of aryl methyl sites for hydroxylation is 1. The Kier molecular flexibility index (Phi) is 6.20. The standard InChI is InChI=1S/C24H23N5O4S2/c1-14-4-2-8-28-20(14)26-21(27-9-6-15(7-10-27)19(25)30)17(22(28)31)12-18-23(32)29(24(34)35-18)13-16-5-3-11-33-16/h2-5,8,11-12,15H,6-7,9-10,13H2,1H3,(H2,25,30)/b18-12-. The summed E-state index contributed by atoms with van der Waals surface area (Å²) in [4.78, 5) is 47.1. The molecule has 11 heteroatoms. The highest BCUT2D eigenvalue weighted by Crippen LogP contribution is 2.35. The Hall–Kier alpha value is -3.44. The quantitative estimate of drug-likeness (QED) is 0.413. The van der Waals surface area contributed by atoms with Gasteiger partial charge in [-0.3, -0.25) is 23.7 Å². The largest absolute Gasteiger partial charge is 0.467 e. The third-order valence-electron chi connectivity index (χ3n) is 6.30. The van der Waals surface area contributed by atoms with Crippen molar-refractivity contribution in [1.29, 1.82) is 0 Å². The third kappa shape index (κ3) is 4.37. The number of amides is 2. The molecule has 0 saturated carbocycles. The molecule has 9 nitrogen and oxygen atoms in total. The molecule has 0 aliphatic carbocycles. The maximum absolute atomic E-state index is 13.6. The molecule has 0 unspecified atom stereocenters. The van der Waals surface area contributed by atoms with Gasteiger partial charge in [-0.1, -0.05) is 30.0 Å². The Morgan fingerprint density at radius 2 is 2.06 bits per heavy atom. The summed E-state index contributed by atoms with van der Waals surface area (Å²) in [5.41, 5.74) is 6.94. The zero-order valence-corrected chi connectivity index (χ0v) is 20.6. The molecule has 35 heavy (non-hydrogen) atoms. The van der Waals surface area contributed by atoms with Crippen LogP contribution in [-0.4, -0.2) is 43.5 Å². The van der Waals surface area contributed by atoms with Crippen LogP contribution in [-0.2, 0) is 16.1 Å². The Bertz CT molecular complexity index is 1420. The fraction of sp³-hybridized carbons (Fsp3) is 0.292. The van der Waals surface area contributed by atoms with E-state index in [0.717, 1.165) is 17.3 Å². The van der Waals surface area contributed by atoms with Gasteiger partial charge >= 0.3 is 0 Å². The van der Waals surface area contributed by atoms with E-state index in [4.69, 9.17) is 27.4 Å². The van der Waals surface area contributed by atoms with Gasteiger partial charge in [-0.25, -0.2) is 4.98 Å². The van der Waals surface area contributed by atoms with Crippen molar-refractivity contribution >= 4 is 57.7 Å². The molecule has 2 fully saturated rings. The van der Waals surface area contributed by atoms with Gasteiger partial charge in [-0.15, -0.1) is 0 Å². The van der Waals surface area contributed by atoms with E-state index in [-0.39, 0.29) is 29.8 Å². The zero-order chi connectivity index (χ0) is 24.7. The fourth-order valence-electron chi connectivity index (χ4n) is 4.37. The number of carbonyl (C=O) groups excluding carboxylic acids is 2. The van der Waals surface area contributed by atoms with Crippen molar-refractivity contribution in [2.75, 3.05) is 18.0 Å². The Balaban J connectivity index is 1.57. The number of primary amides is 1. The smallest absolute Gasteiger partial charge is 0.267 e. The molecular weight excluding hydrogens is 486 g/mol. The molecule has 0 spiro atoms. The van der Waals surface area contributed by atoms with Crippen molar-refractivity contribution in [2.45, 2.75) is 26.3 Å². The van der Waals surface area contributed by atoms with Crippen LogP contribution in [0.1, 0.15) is 29.7 Å². The number of hydrogen-bond acceptors (Lipinski definition) is 8. The number of rotatable bonds is 5. The van der Waals surface area contributed by atoms with Gasteiger partial charge in [0.1, 0.15) is 21.5 Å². The van der Waals surface area contributed by atoms with Crippen LogP contribution in [0.3, 0.4) is 0 Å². The van der Waals surface area contributed by atoms with Crippen molar-refractivity contribution in [3.8, 4) is 0 Å². The maximum Gasteiger partial charge on any atom is 0.267 e. The number of anilines is 1. The van der Waals surface area contributed by atoms with Crippen LogP contribution in [0.15, 0.2) is 50.8 Å². The predicted octanol–water partition coefficient (Wildman–Crippen LogP) is 2.70.